The maximum Gasteiger partial charge on any atom is 0.161 e. The van der Waals surface area contributed by atoms with Crippen LogP contribution in [0.3, 0.4) is 0 Å². The topological polar surface area (TPSA) is 61.2 Å². The van der Waals surface area contributed by atoms with E-state index in [0.717, 1.165) is 11.3 Å². The molecule has 2 heterocycles. The second kappa shape index (κ2) is 4.24. The summed E-state index contributed by atoms with van der Waals surface area (Å²) < 4.78 is 23.5. The molecule has 1 aromatic rings. The molecule has 0 unspecified atom stereocenters. The van der Waals surface area contributed by atoms with Gasteiger partial charge in [-0.1, -0.05) is 29.5 Å². The van der Waals surface area contributed by atoms with E-state index in [2.05, 4.69) is 6.07 Å². The third kappa shape index (κ3) is 2.17. The first-order chi connectivity index (χ1) is 8.87. The number of aryl methyl sites for hydroxylation is 2. The summed E-state index contributed by atoms with van der Waals surface area (Å²) in [6.45, 7) is 4.04. The van der Waals surface area contributed by atoms with Crippen molar-refractivity contribution in [1.82, 2.24) is 0 Å². The zero-order chi connectivity index (χ0) is 13.8. The molecule has 0 aliphatic carbocycles. The Morgan fingerprint density at radius 3 is 2.74 bits per heavy atom. The first-order valence-corrected chi connectivity index (χ1v) is 8.89. The van der Waals surface area contributed by atoms with Crippen molar-refractivity contribution >= 4 is 32.5 Å². The molecule has 2 saturated heterocycles. The van der Waals surface area contributed by atoms with Gasteiger partial charge in [-0.3, -0.25) is 5.41 Å². The number of anilines is 1. The molecule has 2 fully saturated rings. The lowest BCUT2D eigenvalue weighted by atomic mass is 10.1. The van der Waals surface area contributed by atoms with Gasteiger partial charge in [0, 0.05) is 10.9 Å². The molecule has 2 atom stereocenters. The van der Waals surface area contributed by atoms with Gasteiger partial charge in [0.25, 0.3) is 0 Å². The van der Waals surface area contributed by atoms with Gasteiger partial charge in [0.2, 0.25) is 0 Å². The van der Waals surface area contributed by atoms with Crippen LogP contribution in [-0.2, 0) is 9.84 Å². The van der Waals surface area contributed by atoms with Crippen LogP contribution in [0.25, 0.3) is 0 Å². The molecule has 0 bridgehead atoms. The standard InChI is InChI=1S/C13H16N2O2S2/c1-8-3-4-10(9(2)5-8)15-11-6-19(16,17)7-12(11)18-13(15)14/h3-5,11-12,14H,6-7H2,1-2H3/t11-,12-/m0/s1. The third-order valence-corrected chi connectivity index (χ3v) is 6.83. The number of sulfone groups is 1. The minimum Gasteiger partial charge on any atom is -0.316 e. The number of nitrogens with zero attached hydrogens (tertiary/aromatic N) is 1. The minimum absolute atomic E-state index is 0.0122. The molecular formula is C13H16N2O2S2. The van der Waals surface area contributed by atoms with Crippen molar-refractivity contribution in [2.75, 3.05) is 16.4 Å². The van der Waals surface area contributed by atoms with Gasteiger partial charge >= 0.3 is 0 Å². The Morgan fingerprint density at radius 2 is 2.05 bits per heavy atom. The number of amidine groups is 1. The number of thioether (sulfide) groups is 1. The number of fused-ring (bicyclic) bond motifs is 1. The molecule has 1 aromatic carbocycles. The SMILES string of the molecule is Cc1ccc(N2C(=N)S[C@H]3CS(=O)(=O)C[C@@H]32)c(C)c1. The number of rotatable bonds is 1. The molecule has 0 amide bonds. The van der Waals surface area contributed by atoms with E-state index in [1.54, 1.807) is 0 Å². The average Bonchev–Trinajstić information content (AvgIpc) is 2.70. The molecule has 2 aliphatic rings. The fourth-order valence-electron chi connectivity index (χ4n) is 2.86. The van der Waals surface area contributed by atoms with Crippen LogP contribution in [0.15, 0.2) is 18.2 Å². The number of nitrogens with one attached hydrogen (secondary N) is 1. The average molecular weight is 296 g/mol. The summed E-state index contributed by atoms with van der Waals surface area (Å²) in [7, 11) is -2.95. The van der Waals surface area contributed by atoms with Gasteiger partial charge in [-0.2, -0.15) is 0 Å². The van der Waals surface area contributed by atoms with Crippen molar-refractivity contribution < 1.29 is 8.42 Å². The highest BCUT2D eigenvalue weighted by molar-refractivity contribution is 8.15. The van der Waals surface area contributed by atoms with E-state index in [0.29, 0.717) is 5.17 Å². The lowest BCUT2D eigenvalue weighted by Gasteiger charge is -2.25. The summed E-state index contributed by atoms with van der Waals surface area (Å²) in [4.78, 5) is 1.90. The molecular weight excluding hydrogens is 280 g/mol. The monoisotopic (exact) mass is 296 g/mol. The van der Waals surface area contributed by atoms with Crippen molar-refractivity contribution in [1.29, 1.82) is 5.41 Å². The lowest BCUT2D eigenvalue weighted by Crippen LogP contribution is -2.37. The van der Waals surface area contributed by atoms with Crippen LogP contribution < -0.4 is 4.90 Å². The van der Waals surface area contributed by atoms with Gasteiger partial charge in [-0.15, -0.1) is 0 Å². The Hall–Kier alpha value is -1.01. The van der Waals surface area contributed by atoms with Crippen LogP contribution in [0.4, 0.5) is 5.69 Å². The van der Waals surface area contributed by atoms with Gasteiger partial charge in [-0.05, 0) is 25.5 Å². The van der Waals surface area contributed by atoms with Crippen molar-refractivity contribution in [2.24, 2.45) is 0 Å². The number of hydrogen-bond acceptors (Lipinski definition) is 4. The molecule has 1 N–H and O–H groups in total. The molecule has 19 heavy (non-hydrogen) atoms. The smallest absolute Gasteiger partial charge is 0.161 e. The predicted octanol–water partition coefficient (Wildman–Crippen LogP) is 1.96. The molecule has 4 nitrogen and oxygen atoms in total. The fraction of sp³-hybridized carbons (Fsp3) is 0.462. The maximum atomic E-state index is 11.8. The van der Waals surface area contributed by atoms with Crippen molar-refractivity contribution in [2.45, 2.75) is 25.1 Å². The van der Waals surface area contributed by atoms with Gasteiger partial charge in [0.1, 0.15) is 0 Å². The normalized spacial score (nSPS) is 28.7. The van der Waals surface area contributed by atoms with Crippen LogP contribution >= 0.6 is 11.8 Å². The molecule has 0 aromatic heterocycles. The zero-order valence-corrected chi connectivity index (χ0v) is 12.5. The number of benzene rings is 1. The van der Waals surface area contributed by atoms with Crippen LogP contribution in [0.2, 0.25) is 0 Å². The quantitative estimate of drug-likeness (QED) is 0.860. The van der Waals surface area contributed by atoms with Crippen molar-refractivity contribution in [3.05, 3.63) is 29.3 Å². The molecule has 102 valence electrons. The summed E-state index contributed by atoms with van der Waals surface area (Å²) in [5, 5.41) is 8.60. The van der Waals surface area contributed by atoms with Crippen molar-refractivity contribution in [3.63, 3.8) is 0 Å². The minimum atomic E-state index is -2.95. The Bertz CT molecular complexity index is 655. The van der Waals surface area contributed by atoms with E-state index in [9.17, 15) is 8.42 Å². The Kier molecular flexibility index (Phi) is 2.90. The zero-order valence-electron chi connectivity index (χ0n) is 10.9. The second-order valence-corrected chi connectivity index (χ2v) is 8.65. The Labute approximate surface area is 117 Å². The van der Waals surface area contributed by atoms with E-state index in [-0.39, 0.29) is 22.8 Å². The highest BCUT2D eigenvalue weighted by Crippen LogP contribution is 2.41. The van der Waals surface area contributed by atoms with Gasteiger partial charge in [-0.25, -0.2) is 8.42 Å². The predicted molar refractivity (Wildman–Crippen MR) is 79.9 cm³/mol. The van der Waals surface area contributed by atoms with Crippen LogP contribution in [-0.4, -0.2) is 36.4 Å². The number of hydrogen-bond donors (Lipinski definition) is 1. The van der Waals surface area contributed by atoms with Gasteiger partial charge in [0.15, 0.2) is 15.0 Å². The first-order valence-electron chi connectivity index (χ1n) is 6.19. The molecule has 0 spiro atoms. The Balaban J connectivity index is 2.02. The fourth-order valence-corrected chi connectivity index (χ4v) is 6.65. The highest BCUT2D eigenvalue weighted by atomic mass is 32.2. The van der Waals surface area contributed by atoms with E-state index < -0.39 is 9.84 Å². The summed E-state index contributed by atoms with van der Waals surface area (Å²) in [5.74, 6) is 0.368. The highest BCUT2D eigenvalue weighted by Gasteiger charge is 2.48. The van der Waals surface area contributed by atoms with Gasteiger partial charge in [0.05, 0.1) is 17.5 Å². The van der Waals surface area contributed by atoms with Crippen LogP contribution in [0.5, 0.6) is 0 Å². The largest absolute Gasteiger partial charge is 0.316 e. The molecule has 3 rings (SSSR count). The lowest BCUT2D eigenvalue weighted by molar-refractivity contribution is 0.601. The first kappa shape index (κ1) is 13.0. The third-order valence-electron chi connectivity index (χ3n) is 3.70. The van der Waals surface area contributed by atoms with E-state index in [1.165, 1.54) is 17.3 Å². The van der Waals surface area contributed by atoms with E-state index in [1.807, 2.05) is 30.9 Å². The summed E-state index contributed by atoms with van der Waals surface area (Å²) in [6, 6.07) is 6.00. The van der Waals surface area contributed by atoms with Crippen molar-refractivity contribution in [3.8, 4) is 0 Å². The van der Waals surface area contributed by atoms with Crippen LogP contribution in [0.1, 0.15) is 11.1 Å². The second-order valence-electron chi connectivity index (χ2n) is 5.27. The van der Waals surface area contributed by atoms with Gasteiger partial charge < -0.3 is 4.90 Å². The summed E-state index contributed by atoms with van der Waals surface area (Å²) in [5.41, 5.74) is 3.23. The Morgan fingerprint density at radius 1 is 1.32 bits per heavy atom. The molecule has 2 aliphatic heterocycles. The van der Waals surface area contributed by atoms with Crippen LogP contribution in [0, 0.1) is 19.3 Å². The molecule has 0 radical (unpaired) electrons. The summed E-state index contributed by atoms with van der Waals surface area (Å²) >= 11 is 1.38. The maximum absolute atomic E-state index is 11.8. The van der Waals surface area contributed by atoms with E-state index in [4.69, 9.17) is 5.41 Å². The molecule has 6 heteroatoms. The summed E-state index contributed by atoms with van der Waals surface area (Å²) in [6.07, 6.45) is 0. The van der Waals surface area contributed by atoms with E-state index >= 15 is 0 Å². The molecule has 0 saturated carbocycles.